The van der Waals surface area contributed by atoms with E-state index in [9.17, 15) is 8.42 Å². The van der Waals surface area contributed by atoms with Crippen LogP contribution in [0.3, 0.4) is 0 Å². The maximum Gasteiger partial charge on any atom is 0.397 e. The Bertz CT molecular complexity index is 307. The molecule has 0 spiro atoms. The summed E-state index contributed by atoms with van der Waals surface area (Å²) >= 11 is 0. The first-order valence-electron chi connectivity index (χ1n) is 8.68. The van der Waals surface area contributed by atoms with Gasteiger partial charge in [0.2, 0.25) is 0 Å². The molecule has 0 atom stereocenters. The molecule has 1 N–H and O–H groups in total. The molecule has 0 aromatic rings. The molecule has 0 aromatic carbocycles. The van der Waals surface area contributed by atoms with E-state index in [-0.39, 0.29) is 36.2 Å². The first kappa shape index (κ1) is 25.1. The maximum absolute atomic E-state index is 10.3. The van der Waals surface area contributed by atoms with Crippen molar-refractivity contribution < 1.29 is 17.2 Å². The summed E-state index contributed by atoms with van der Waals surface area (Å²) in [5, 5.41) is 0. The molecular weight excluding hydrogens is 311 g/mol. The molecular formula is C16H34NaO4S. The number of rotatable bonds is 16. The molecule has 0 aliphatic carbocycles. The minimum atomic E-state index is -4.24. The van der Waals surface area contributed by atoms with Crippen LogP contribution in [0.15, 0.2) is 0 Å². The minimum absolute atomic E-state index is 0. The molecule has 0 saturated carbocycles. The fourth-order valence-electron chi connectivity index (χ4n) is 2.46. The van der Waals surface area contributed by atoms with E-state index in [4.69, 9.17) is 4.55 Å². The van der Waals surface area contributed by atoms with Crippen molar-refractivity contribution in [3.63, 3.8) is 0 Å². The second kappa shape index (κ2) is 18.2. The van der Waals surface area contributed by atoms with Crippen LogP contribution in [-0.2, 0) is 14.6 Å². The Morgan fingerprint density at radius 3 is 1.32 bits per heavy atom. The average Bonchev–Trinajstić information content (AvgIpc) is 2.42. The zero-order valence-corrected chi connectivity index (χ0v) is 17.5. The predicted octanol–water partition coefficient (Wildman–Crippen LogP) is 4.91. The third-order valence-electron chi connectivity index (χ3n) is 3.73. The fraction of sp³-hybridized carbons (Fsp3) is 1.00. The largest absolute Gasteiger partial charge is 0.397 e. The zero-order valence-electron chi connectivity index (χ0n) is 14.7. The molecule has 0 heterocycles. The molecule has 0 aliphatic heterocycles. The van der Waals surface area contributed by atoms with Gasteiger partial charge in [0.15, 0.2) is 0 Å². The van der Waals surface area contributed by atoms with Crippen LogP contribution in [0.25, 0.3) is 0 Å². The molecule has 0 saturated heterocycles. The number of hydrogen-bond acceptors (Lipinski definition) is 3. The predicted molar refractivity (Wildman–Crippen MR) is 93.6 cm³/mol. The Labute approximate surface area is 160 Å². The summed E-state index contributed by atoms with van der Waals surface area (Å²) in [4.78, 5) is 0. The standard InChI is InChI=1S/C16H34O4S.Na/c1-2-3-4-5-6-7-8-9-10-11-12-13-14-15-16-20-21(17,18)19;/h2-16H2,1H3,(H,17,18,19);. The normalized spacial score (nSPS) is 11.4. The fourth-order valence-corrected chi connectivity index (χ4v) is 2.79. The third kappa shape index (κ3) is 23.1. The van der Waals surface area contributed by atoms with Crippen molar-refractivity contribution in [1.29, 1.82) is 0 Å². The van der Waals surface area contributed by atoms with Gasteiger partial charge in [-0.05, 0) is 6.42 Å². The Morgan fingerprint density at radius 1 is 0.682 bits per heavy atom. The smallest absolute Gasteiger partial charge is 0.264 e. The van der Waals surface area contributed by atoms with Gasteiger partial charge in [-0.15, -0.1) is 0 Å². The monoisotopic (exact) mass is 345 g/mol. The van der Waals surface area contributed by atoms with Crippen LogP contribution in [0.4, 0.5) is 0 Å². The van der Waals surface area contributed by atoms with Crippen molar-refractivity contribution in [2.24, 2.45) is 0 Å². The molecule has 0 fully saturated rings. The van der Waals surface area contributed by atoms with Crippen LogP contribution in [-0.4, -0.2) is 49.1 Å². The van der Waals surface area contributed by atoms with Crippen LogP contribution in [0.2, 0.25) is 0 Å². The Kier molecular flexibility index (Phi) is 20.8. The number of hydrogen-bond donors (Lipinski definition) is 1. The van der Waals surface area contributed by atoms with Crippen LogP contribution < -0.4 is 0 Å². The number of unbranched alkanes of at least 4 members (excludes halogenated alkanes) is 13. The van der Waals surface area contributed by atoms with Crippen LogP contribution in [0, 0.1) is 0 Å². The SMILES string of the molecule is CCCCCCCCCCCCCCCCOS(=O)(=O)O.[Na]. The van der Waals surface area contributed by atoms with E-state index in [1.807, 2.05) is 0 Å². The molecule has 0 amide bonds. The van der Waals surface area contributed by atoms with Crippen molar-refractivity contribution in [3.8, 4) is 0 Å². The van der Waals surface area contributed by atoms with Crippen molar-refractivity contribution >= 4 is 40.0 Å². The van der Waals surface area contributed by atoms with E-state index in [1.54, 1.807) is 0 Å². The quantitative estimate of drug-likeness (QED) is 0.245. The molecule has 0 bridgehead atoms. The summed E-state index contributed by atoms with van der Waals surface area (Å²) in [6.07, 6.45) is 17.6. The van der Waals surface area contributed by atoms with Gasteiger partial charge in [-0.3, -0.25) is 4.55 Å². The molecule has 1 radical (unpaired) electrons. The van der Waals surface area contributed by atoms with Crippen LogP contribution in [0.1, 0.15) is 96.8 Å². The maximum atomic E-state index is 10.3. The molecule has 6 heteroatoms. The van der Waals surface area contributed by atoms with E-state index in [2.05, 4.69) is 11.1 Å². The van der Waals surface area contributed by atoms with E-state index in [1.165, 1.54) is 70.6 Å². The second-order valence-electron chi connectivity index (χ2n) is 5.85. The molecule has 0 unspecified atom stereocenters. The summed E-state index contributed by atoms with van der Waals surface area (Å²) in [5.74, 6) is 0. The van der Waals surface area contributed by atoms with Crippen molar-refractivity contribution in [3.05, 3.63) is 0 Å². The topological polar surface area (TPSA) is 63.6 Å². The summed E-state index contributed by atoms with van der Waals surface area (Å²) < 4.78 is 33.2. The third-order valence-corrected chi connectivity index (χ3v) is 4.19. The molecule has 0 aliphatic rings. The Balaban J connectivity index is 0. The molecule has 0 rings (SSSR count). The van der Waals surface area contributed by atoms with E-state index < -0.39 is 10.4 Å². The molecule has 0 aromatic heterocycles. The van der Waals surface area contributed by atoms with Crippen LogP contribution >= 0.6 is 0 Å². The van der Waals surface area contributed by atoms with E-state index >= 15 is 0 Å². The van der Waals surface area contributed by atoms with Gasteiger partial charge in [0.25, 0.3) is 0 Å². The Hall–Kier alpha value is 0.870. The van der Waals surface area contributed by atoms with Crippen molar-refractivity contribution in [2.75, 3.05) is 6.61 Å². The van der Waals surface area contributed by atoms with Gasteiger partial charge in [0.1, 0.15) is 0 Å². The second-order valence-corrected chi connectivity index (χ2v) is 6.94. The summed E-state index contributed by atoms with van der Waals surface area (Å²) in [6.45, 7) is 2.35. The van der Waals surface area contributed by atoms with Crippen molar-refractivity contribution in [1.82, 2.24) is 0 Å². The summed E-state index contributed by atoms with van der Waals surface area (Å²) in [6, 6.07) is 0. The average molecular weight is 346 g/mol. The van der Waals surface area contributed by atoms with Gasteiger partial charge in [0.05, 0.1) is 6.61 Å². The molecule has 22 heavy (non-hydrogen) atoms. The van der Waals surface area contributed by atoms with Gasteiger partial charge in [0, 0.05) is 29.6 Å². The van der Waals surface area contributed by atoms with Gasteiger partial charge >= 0.3 is 10.4 Å². The summed E-state index contributed by atoms with van der Waals surface area (Å²) in [7, 11) is -4.24. The summed E-state index contributed by atoms with van der Waals surface area (Å²) in [5.41, 5.74) is 0. The minimum Gasteiger partial charge on any atom is -0.264 e. The molecule has 129 valence electrons. The first-order chi connectivity index (χ1) is 10.1. The Morgan fingerprint density at radius 2 is 1.00 bits per heavy atom. The van der Waals surface area contributed by atoms with Gasteiger partial charge in [-0.2, -0.15) is 8.42 Å². The van der Waals surface area contributed by atoms with Gasteiger partial charge < -0.3 is 0 Å². The molecule has 4 nitrogen and oxygen atoms in total. The zero-order chi connectivity index (χ0) is 15.8. The van der Waals surface area contributed by atoms with E-state index in [0.717, 1.165) is 12.8 Å². The van der Waals surface area contributed by atoms with E-state index in [0.29, 0.717) is 6.42 Å². The van der Waals surface area contributed by atoms with Crippen molar-refractivity contribution in [2.45, 2.75) is 96.8 Å². The van der Waals surface area contributed by atoms with Crippen LogP contribution in [0.5, 0.6) is 0 Å². The van der Waals surface area contributed by atoms with Gasteiger partial charge in [-0.1, -0.05) is 90.4 Å². The first-order valence-corrected chi connectivity index (χ1v) is 10.0. The van der Waals surface area contributed by atoms with Gasteiger partial charge in [-0.25, -0.2) is 4.18 Å².